The fraction of sp³-hybridized carbons (Fsp3) is 0.235. The number of aromatic hydroxyl groups is 2. The molecule has 3 rings (SSSR count). The van der Waals surface area contributed by atoms with Crippen LogP contribution in [0.4, 0.5) is 11.4 Å². The molecule has 29 heavy (non-hydrogen) atoms. The first-order valence-electron chi connectivity index (χ1n) is 8.47. The van der Waals surface area contributed by atoms with Gasteiger partial charge in [-0.25, -0.2) is 8.42 Å². The highest BCUT2D eigenvalue weighted by molar-refractivity contribution is 7.89. The summed E-state index contributed by atoms with van der Waals surface area (Å²) in [4.78, 5) is 10.5. The first-order chi connectivity index (χ1) is 13.8. The van der Waals surface area contributed by atoms with Crippen LogP contribution in [0, 0.1) is 10.1 Å². The van der Waals surface area contributed by atoms with Gasteiger partial charge in [0.25, 0.3) is 5.69 Å². The molecular formula is C17H18N4O7S. The van der Waals surface area contributed by atoms with E-state index in [9.17, 15) is 28.7 Å². The van der Waals surface area contributed by atoms with E-state index in [-0.39, 0.29) is 53.9 Å². The smallest absolute Gasteiger partial charge is 0.295 e. The number of sulfonamides is 1. The largest absolute Gasteiger partial charge is 0.504 e. The predicted molar refractivity (Wildman–Crippen MR) is 104 cm³/mol. The van der Waals surface area contributed by atoms with Crippen LogP contribution in [-0.2, 0) is 14.8 Å². The molecule has 1 aliphatic rings. The number of phenolic OH excluding ortho intramolecular Hbond substituents is 2. The van der Waals surface area contributed by atoms with Gasteiger partial charge in [0.05, 0.1) is 29.2 Å². The van der Waals surface area contributed by atoms with Crippen molar-refractivity contribution in [3.05, 3.63) is 52.1 Å². The molecule has 0 amide bonds. The lowest BCUT2D eigenvalue weighted by molar-refractivity contribution is -0.384. The van der Waals surface area contributed by atoms with Crippen LogP contribution >= 0.6 is 0 Å². The number of morpholine rings is 1. The molecule has 11 nitrogen and oxygen atoms in total. The Hall–Kier alpha value is -3.22. The molecule has 0 saturated carbocycles. The fourth-order valence-corrected chi connectivity index (χ4v) is 4.11. The zero-order valence-electron chi connectivity index (χ0n) is 15.1. The van der Waals surface area contributed by atoms with Crippen molar-refractivity contribution in [3.8, 4) is 11.5 Å². The van der Waals surface area contributed by atoms with Gasteiger partial charge >= 0.3 is 0 Å². The Balaban J connectivity index is 1.86. The second-order valence-electron chi connectivity index (χ2n) is 6.04. The average Bonchev–Trinajstić information content (AvgIpc) is 2.71. The van der Waals surface area contributed by atoms with Gasteiger partial charge in [-0.3, -0.25) is 15.5 Å². The predicted octanol–water partition coefficient (Wildman–Crippen LogP) is 1.47. The average molecular weight is 422 g/mol. The molecule has 0 bridgehead atoms. The number of nitro benzene ring substituents is 1. The molecule has 154 valence electrons. The van der Waals surface area contributed by atoms with Crippen LogP contribution in [0.15, 0.2) is 46.4 Å². The van der Waals surface area contributed by atoms with E-state index in [2.05, 4.69) is 10.5 Å². The molecule has 0 atom stereocenters. The summed E-state index contributed by atoms with van der Waals surface area (Å²) in [6, 6.07) is 7.72. The van der Waals surface area contributed by atoms with Crippen molar-refractivity contribution < 1.29 is 28.3 Å². The third kappa shape index (κ3) is 4.45. The molecule has 12 heteroatoms. The number of ether oxygens (including phenoxy) is 1. The van der Waals surface area contributed by atoms with Gasteiger partial charge in [-0.2, -0.15) is 9.41 Å². The maximum Gasteiger partial charge on any atom is 0.295 e. The van der Waals surface area contributed by atoms with Crippen LogP contribution in [-0.4, -0.2) is 60.4 Å². The Labute approximate surface area is 166 Å². The van der Waals surface area contributed by atoms with E-state index in [4.69, 9.17) is 4.74 Å². The summed E-state index contributed by atoms with van der Waals surface area (Å²) < 4.78 is 31.7. The summed E-state index contributed by atoms with van der Waals surface area (Å²) in [5, 5.41) is 34.4. The topological polar surface area (TPSA) is 155 Å². The summed E-state index contributed by atoms with van der Waals surface area (Å²) in [7, 11) is -3.89. The van der Waals surface area contributed by atoms with Crippen LogP contribution in [0.5, 0.6) is 11.5 Å². The van der Waals surface area contributed by atoms with Gasteiger partial charge in [-0.1, -0.05) is 6.07 Å². The van der Waals surface area contributed by atoms with Crippen molar-refractivity contribution in [2.75, 3.05) is 31.7 Å². The van der Waals surface area contributed by atoms with Crippen LogP contribution in [0.2, 0.25) is 0 Å². The van der Waals surface area contributed by atoms with E-state index in [0.717, 1.165) is 12.3 Å². The van der Waals surface area contributed by atoms with E-state index in [1.165, 1.54) is 34.6 Å². The van der Waals surface area contributed by atoms with Gasteiger partial charge in [-0.05, 0) is 24.3 Å². The minimum absolute atomic E-state index is 0.0354. The van der Waals surface area contributed by atoms with Crippen molar-refractivity contribution >= 4 is 27.6 Å². The zero-order chi connectivity index (χ0) is 21.0. The maximum absolute atomic E-state index is 12.7. The monoisotopic (exact) mass is 422 g/mol. The standard InChI is InChI=1S/C17H18N4O7S/c22-16-3-1-2-12(17(16)23)11-18-19-14-5-4-13(10-15(14)21(24)25)29(26,27)20-6-8-28-9-7-20/h1-5,10-11,19,22-23H,6-9H2/b18-11+. The number of hydrazone groups is 1. The summed E-state index contributed by atoms with van der Waals surface area (Å²) >= 11 is 0. The number of nitro groups is 1. The zero-order valence-corrected chi connectivity index (χ0v) is 15.9. The van der Waals surface area contributed by atoms with Crippen LogP contribution in [0.3, 0.4) is 0 Å². The molecule has 1 fully saturated rings. The second-order valence-corrected chi connectivity index (χ2v) is 7.98. The van der Waals surface area contributed by atoms with Gasteiger partial charge in [0.15, 0.2) is 11.5 Å². The normalized spacial score (nSPS) is 15.4. The van der Waals surface area contributed by atoms with Gasteiger partial charge in [0.1, 0.15) is 5.69 Å². The van der Waals surface area contributed by atoms with E-state index >= 15 is 0 Å². The number of nitrogens with one attached hydrogen (secondary N) is 1. The first kappa shape index (κ1) is 20.5. The lowest BCUT2D eigenvalue weighted by atomic mass is 10.2. The molecular weight excluding hydrogens is 404 g/mol. The molecule has 1 aliphatic heterocycles. The van der Waals surface area contributed by atoms with Gasteiger partial charge in [0.2, 0.25) is 10.0 Å². The van der Waals surface area contributed by atoms with Crippen molar-refractivity contribution in [2.45, 2.75) is 4.90 Å². The maximum atomic E-state index is 12.7. The number of benzene rings is 2. The summed E-state index contributed by atoms with van der Waals surface area (Å²) in [6.07, 6.45) is 1.16. The van der Waals surface area contributed by atoms with E-state index in [0.29, 0.717) is 0 Å². The number of hydrogen-bond donors (Lipinski definition) is 3. The molecule has 0 aliphatic carbocycles. The van der Waals surface area contributed by atoms with Gasteiger partial charge in [0, 0.05) is 24.7 Å². The number of anilines is 1. The van der Waals surface area contributed by atoms with E-state index in [1.807, 2.05) is 0 Å². The third-order valence-electron chi connectivity index (χ3n) is 4.21. The Kier molecular flexibility index (Phi) is 5.96. The number of para-hydroxylation sites is 1. The van der Waals surface area contributed by atoms with Gasteiger partial charge < -0.3 is 14.9 Å². The molecule has 0 unspecified atom stereocenters. The highest BCUT2D eigenvalue weighted by Gasteiger charge is 2.28. The van der Waals surface area contributed by atoms with Gasteiger partial charge in [-0.15, -0.1) is 0 Å². The SMILES string of the molecule is O=[N+]([O-])c1cc(S(=O)(=O)N2CCOCC2)ccc1N/N=C/c1cccc(O)c1O. The molecule has 2 aromatic rings. The molecule has 1 saturated heterocycles. The minimum Gasteiger partial charge on any atom is -0.504 e. The quantitative estimate of drug-likeness (QED) is 0.274. The lowest BCUT2D eigenvalue weighted by Crippen LogP contribution is -2.40. The Morgan fingerprint density at radius 2 is 1.93 bits per heavy atom. The molecule has 3 N–H and O–H groups in total. The minimum atomic E-state index is -3.89. The fourth-order valence-electron chi connectivity index (χ4n) is 2.68. The first-order valence-corrected chi connectivity index (χ1v) is 9.91. The molecule has 0 aromatic heterocycles. The summed E-state index contributed by atoms with van der Waals surface area (Å²) in [5.41, 5.74) is 2.13. The number of hydrogen-bond acceptors (Lipinski definition) is 9. The van der Waals surface area contributed by atoms with Crippen LogP contribution in [0.25, 0.3) is 0 Å². The summed E-state index contributed by atoms with van der Waals surface area (Å²) in [6.45, 7) is 0.872. The van der Waals surface area contributed by atoms with Crippen LogP contribution < -0.4 is 5.43 Å². The number of nitrogens with zero attached hydrogens (tertiary/aromatic N) is 3. The Morgan fingerprint density at radius 1 is 1.21 bits per heavy atom. The Bertz CT molecular complexity index is 1050. The van der Waals surface area contributed by atoms with Crippen molar-refractivity contribution in [2.24, 2.45) is 5.10 Å². The van der Waals surface area contributed by atoms with Crippen LogP contribution in [0.1, 0.15) is 5.56 Å². The van der Waals surface area contributed by atoms with Crippen molar-refractivity contribution in [1.82, 2.24) is 4.31 Å². The lowest BCUT2D eigenvalue weighted by Gasteiger charge is -2.26. The van der Waals surface area contributed by atoms with Crippen molar-refractivity contribution in [3.63, 3.8) is 0 Å². The number of phenols is 2. The molecule has 2 aromatic carbocycles. The Morgan fingerprint density at radius 3 is 2.62 bits per heavy atom. The second kappa shape index (κ2) is 8.43. The third-order valence-corrected chi connectivity index (χ3v) is 6.10. The molecule has 0 radical (unpaired) electrons. The summed E-state index contributed by atoms with van der Waals surface area (Å²) in [5.74, 6) is -0.725. The highest BCUT2D eigenvalue weighted by atomic mass is 32.2. The highest BCUT2D eigenvalue weighted by Crippen LogP contribution is 2.30. The van der Waals surface area contributed by atoms with Crippen molar-refractivity contribution in [1.29, 1.82) is 0 Å². The molecule has 1 heterocycles. The number of rotatable bonds is 6. The van der Waals surface area contributed by atoms with E-state index in [1.54, 1.807) is 0 Å². The van der Waals surface area contributed by atoms with E-state index < -0.39 is 20.6 Å². The molecule has 0 spiro atoms.